The van der Waals surface area contributed by atoms with Crippen molar-refractivity contribution in [2.75, 3.05) is 7.05 Å². The molecule has 4 rings (SSSR count). The van der Waals surface area contributed by atoms with E-state index in [0.29, 0.717) is 5.39 Å². The number of aromatic nitrogens is 2. The minimum absolute atomic E-state index is 0.0128. The number of fused-ring (bicyclic) bond motifs is 1. The molecule has 0 aliphatic carbocycles. The average Bonchev–Trinajstić information content (AvgIpc) is 2.78. The zero-order valence-electron chi connectivity index (χ0n) is 16.4. The van der Waals surface area contributed by atoms with Crippen LogP contribution in [0.3, 0.4) is 0 Å². The third-order valence-corrected chi connectivity index (χ3v) is 4.99. The largest absolute Gasteiger partial charge is 0.312 e. The highest BCUT2D eigenvalue weighted by Crippen LogP contribution is 2.22. The van der Waals surface area contributed by atoms with Crippen molar-refractivity contribution < 1.29 is 0 Å². The van der Waals surface area contributed by atoms with Gasteiger partial charge in [-0.1, -0.05) is 42.2 Å². The topological polar surface area (TPSA) is 46.9 Å². The summed E-state index contributed by atoms with van der Waals surface area (Å²) < 4.78 is 1.78. The van der Waals surface area contributed by atoms with Crippen molar-refractivity contribution in [3.05, 3.63) is 106 Å². The second-order valence-corrected chi connectivity index (χ2v) is 6.81. The molecule has 0 amide bonds. The summed E-state index contributed by atoms with van der Waals surface area (Å²) in [5.41, 5.74) is 3.27. The Morgan fingerprint density at radius 3 is 2.45 bits per heavy atom. The van der Waals surface area contributed by atoms with E-state index >= 15 is 0 Å². The van der Waals surface area contributed by atoms with E-state index in [1.165, 1.54) is 0 Å². The van der Waals surface area contributed by atoms with Crippen molar-refractivity contribution in [2.24, 2.45) is 0 Å². The summed E-state index contributed by atoms with van der Waals surface area (Å²) in [5, 5.41) is 4.77. The van der Waals surface area contributed by atoms with E-state index in [1.807, 2.05) is 74.6 Å². The second-order valence-electron chi connectivity index (χ2n) is 6.81. The molecule has 0 aliphatic heterocycles. The highest BCUT2D eigenvalue weighted by Gasteiger charge is 2.16. The van der Waals surface area contributed by atoms with E-state index in [1.54, 1.807) is 17.0 Å². The Morgan fingerprint density at radius 1 is 0.966 bits per heavy atom. The first-order valence-electron chi connectivity index (χ1n) is 9.52. The van der Waals surface area contributed by atoms with Gasteiger partial charge in [0.25, 0.3) is 5.56 Å². The molecule has 0 aliphatic rings. The zero-order valence-corrected chi connectivity index (χ0v) is 16.4. The Morgan fingerprint density at radius 2 is 1.72 bits per heavy atom. The summed E-state index contributed by atoms with van der Waals surface area (Å²) in [6, 6.07) is 21.3. The third kappa shape index (κ3) is 3.69. The van der Waals surface area contributed by atoms with Gasteiger partial charge in [-0.2, -0.15) is 0 Å². The summed E-state index contributed by atoms with van der Waals surface area (Å²) in [5.74, 6) is 6.32. The normalized spacial score (nSPS) is 11.7. The summed E-state index contributed by atoms with van der Waals surface area (Å²) in [7, 11) is 1.89. The molecule has 2 aromatic carbocycles. The second kappa shape index (κ2) is 8.14. The van der Waals surface area contributed by atoms with Crippen molar-refractivity contribution in [1.82, 2.24) is 14.9 Å². The summed E-state index contributed by atoms with van der Waals surface area (Å²) in [6.45, 7) is 2.05. The van der Waals surface area contributed by atoms with Crippen LogP contribution in [0.15, 0.2) is 83.9 Å². The van der Waals surface area contributed by atoms with E-state index < -0.39 is 0 Å². The van der Waals surface area contributed by atoms with Gasteiger partial charge in [0.15, 0.2) is 0 Å². The molecule has 0 saturated carbocycles. The van der Waals surface area contributed by atoms with Crippen molar-refractivity contribution >= 4 is 10.8 Å². The van der Waals surface area contributed by atoms with Gasteiger partial charge in [-0.05, 0) is 55.8 Å². The van der Waals surface area contributed by atoms with Crippen molar-refractivity contribution in [3.63, 3.8) is 0 Å². The molecular weight excluding hydrogens is 358 g/mol. The lowest BCUT2D eigenvalue weighted by Gasteiger charge is -2.19. The van der Waals surface area contributed by atoms with Gasteiger partial charge in [-0.25, -0.2) is 0 Å². The van der Waals surface area contributed by atoms with Crippen LogP contribution in [-0.2, 0) is 0 Å². The number of hydrogen-bond donors (Lipinski definition) is 1. The lowest BCUT2D eigenvalue weighted by molar-refractivity contribution is 0.612. The van der Waals surface area contributed by atoms with Gasteiger partial charge in [0.1, 0.15) is 0 Å². The predicted octanol–water partition coefficient (Wildman–Crippen LogP) is 4.07. The first-order chi connectivity index (χ1) is 14.2. The first kappa shape index (κ1) is 18.7. The standard InChI is InChI=1S/C25H21N3O/c1-18(26-2)23-17-21-8-6-7-20(12-11-19-13-15-27-16-14-19)24(21)25(29)28(23)22-9-4-3-5-10-22/h3-10,13-18,26H,1-2H3. The van der Waals surface area contributed by atoms with E-state index in [9.17, 15) is 4.79 Å². The molecule has 1 atom stereocenters. The molecular formula is C25H21N3O. The molecule has 2 aromatic heterocycles. The first-order valence-corrected chi connectivity index (χ1v) is 9.52. The summed E-state index contributed by atoms with van der Waals surface area (Å²) in [4.78, 5) is 17.7. The quantitative estimate of drug-likeness (QED) is 0.546. The van der Waals surface area contributed by atoms with Gasteiger partial charge in [-0.3, -0.25) is 14.3 Å². The molecule has 1 N–H and O–H groups in total. The molecule has 0 bridgehead atoms. The van der Waals surface area contributed by atoms with Gasteiger partial charge in [0.2, 0.25) is 0 Å². The van der Waals surface area contributed by atoms with Gasteiger partial charge in [-0.15, -0.1) is 0 Å². The molecule has 4 nitrogen and oxygen atoms in total. The van der Waals surface area contributed by atoms with E-state index in [-0.39, 0.29) is 11.6 Å². The maximum absolute atomic E-state index is 13.7. The molecule has 0 fully saturated rings. The van der Waals surface area contributed by atoms with Crippen LogP contribution < -0.4 is 10.9 Å². The lowest BCUT2D eigenvalue weighted by atomic mass is 10.0. The van der Waals surface area contributed by atoms with Gasteiger partial charge < -0.3 is 5.32 Å². The Bertz CT molecular complexity index is 1270. The fourth-order valence-corrected chi connectivity index (χ4v) is 3.37. The Hall–Kier alpha value is -3.68. The number of rotatable bonds is 3. The summed E-state index contributed by atoms with van der Waals surface area (Å²) in [6.07, 6.45) is 3.42. The van der Waals surface area contributed by atoms with Gasteiger partial charge in [0.05, 0.1) is 5.39 Å². The highest BCUT2D eigenvalue weighted by molar-refractivity contribution is 5.88. The zero-order chi connectivity index (χ0) is 20.2. The van der Waals surface area contributed by atoms with Crippen LogP contribution in [0.4, 0.5) is 0 Å². The Labute approximate surface area is 169 Å². The highest BCUT2D eigenvalue weighted by atomic mass is 16.1. The molecule has 4 aromatic rings. The molecule has 29 heavy (non-hydrogen) atoms. The third-order valence-electron chi connectivity index (χ3n) is 4.99. The molecule has 0 spiro atoms. The van der Waals surface area contributed by atoms with Crippen LogP contribution in [0.5, 0.6) is 0 Å². The molecule has 4 heteroatoms. The lowest BCUT2D eigenvalue weighted by Crippen LogP contribution is -2.27. The molecule has 2 heterocycles. The monoisotopic (exact) mass is 379 g/mol. The maximum atomic E-state index is 13.7. The minimum atomic E-state index is -0.0644. The van der Waals surface area contributed by atoms with Gasteiger partial charge in [0, 0.05) is 40.9 Å². The predicted molar refractivity (Wildman–Crippen MR) is 117 cm³/mol. The molecule has 0 saturated heterocycles. The van der Waals surface area contributed by atoms with Gasteiger partial charge >= 0.3 is 0 Å². The summed E-state index contributed by atoms with van der Waals surface area (Å²) >= 11 is 0. The SMILES string of the molecule is CNC(C)c1cc2cccc(C#Cc3ccncc3)c2c(=O)n1-c1ccccc1. The number of nitrogens with one attached hydrogen (secondary N) is 1. The van der Waals surface area contributed by atoms with E-state index in [4.69, 9.17) is 0 Å². The fourth-order valence-electron chi connectivity index (χ4n) is 3.37. The van der Waals surface area contributed by atoms with Crippen LogP contribution >= 0.6 is 0 Å². The van der Waals surface area contributed by atoms with Crippen LogP contribution in [0.25, 0.3) is 16.5 Å². The smallest absolute Gasteiger partial charge is 0.264 e. The minimum Gasteiger partial charge on any atom is -0.312 e. The molecule has 0 radical (unpaired) electrons. The maximum Gasteiger partial charge on any atom is 0.264 e. The molecule has 1 unspecified atom stereocenters. The number of para-hydroxylation sites is 1. The number of nitrogens with zero attached hydrogens (tertiary/aromatic N) is 2. The average molecular weight is 379 g/mol. The van der Waals surface area contributed by atoms with Crippen LogP contribution in [-0.4, -0.2) is 16.6 Å². The van der Waals surface area contributed by atoms with Crippen molar-refractivity contribution in [3.8, 4) is 17.5 Å². The Balaban J connectivity index is 2.00. The number of pyridine rings is 2. The van der Waals surface area contributed by atoms with E-state index in [2.05, 4.69) is 28.2 Å². The Kier molecular flexibility index (Phi) is 5.24. The fraction of sp³-hybridized carbons (Fsp3) is 0.120. The van der Waals surface area contributed by atoms with Crippen molar-refractivity contribution in [1.29, 1.82) is 0 Å². The molecule has 142 valence electrons. The van der Waals surface area contributed by atoms with Crippen molar-refractivity contribution in [2.45, 2.75) is 13.0 Å². The van der Waals surface area contributed by atoms with Crippen LogP contribution in [0, 0.1) is 11.8 Å². The van der Waals surface area contributed by atoms with Crippen LogP contribution in [0.1, 0.15) is 29.8 Å². The van der Waals surface area contributed by atoms with Crippen LogP contribution in [0.2, 0.25) is 0 Å². The number of benzene rings is 2. The van der Waals surface area contributed by atoms with E-state index in [0.717, 1.165) is 27.9 Å². The number of hydrogen-bond acceptors (Lipinski definition) is 3.